The Bertz CT molecular complexity index is 3430. The Kier molecular flexibility index (Phi) is 6.78. The SMILES string of the molecule is CC1(C)c2cccc(-c3cccc(-c4c5ccccc5c(-c5cccc6c5ccc5cc7ccccc7cc56)c5ccccc45)c3)c2-c2ccc3ccccc3c21. The summed E-state index contributed by atoms with van der Waals surface area (Å²) in [6.45, 7) is 4.79. The average Bonchev–Trinajstić information content (AvgIpc) is 3.50. The lowest BCUT2D eigenvalue weighted by atomic mass is 9.80. The van der Waals surface area contributed by atoms with Crippen molar-refractivity contribution in [1.29, 1.82) is 0 Å². The van der Waals surface area contributed by atoms with Gasteiger partial charge >= 0.3 is 0 Å². The van der Waals surface area contributed by atoms with Crippen molar-refractivity contribution in [2.45, 2.75) is 19.3 Å². The summed E-state index contributed by atoms with van der Waals surface area (Å²) in [5.74, 6) is 0. The molecular formula is C57H38. The molecule has 0 saturated carbocycles. The first-order chi connectivity index (χ1) is 28.0. The fraction of sp³-hybridized carbons (Fsp3) is 0.0526. The first-order valence-electron chi connectivity index (χ1n) is 20.1. The van der Waals surface area contributed by atoms with Crippen LogP contribution in [0, 0.1) is 0 Å². The van der Waals surface area contributed by atoms with Gasteiger partial charge in [-0.1, -0.05) is 190 Å². The van der Waals surface area contributed by atoms with Crippen molar-refractivity contribution in [2.24, 2.45) is 0 Å². The fourth-order valence-corrected chi connectivity index (χ4v) is 10.5. The zero-order valence-electron chi connectivity index (χ0n) is 32.0. The van der Waals surface area contributed by atoms with Gasteiger partial charge in [0, 0.05) is 5.41 Å². The minimum absolute atomic E-state index is 0.108. The normalized spacial score (nSPS) is 13.2. The second kappa shape index (κ2) is 12.0. The first kappa shape index (κ1) is 32.2. The highest BCUT2D eigenvalue weighted by atomic mass is 14.4. The highest BCUT2D eigenvalue weighted by molar-refractivity contribution is 6.25. The monoisotopic (exact) mass is 722 g/mol. The minimum Gasteiger partial charge on any atom is -0.0616 e. The number of hydrogen-bond donors (Lipinski definition) is 0. The lowest BCUT2D eigenvalue weighted by Gasteiger charge is -2.23. The second-order valence-electron chi connectivity index (χ2n) is 16.4. The summed E-state index contributed by atoms with van der Waals surface area (Å²) in [5, 5.41) is 15.4. The zero-order chi connectivity index (χ0) is 37.8. The third-order valence-corrected chi connectivity index (χ3v) is 13.0. The van der Waals surface area contributed by atoms with Crippen molar-refractivity contribution < 1.29 is 0 Å². The molecule has 0 atom stereocenters. The molecule has 0 bridgehead atoms. The lowest BCUT2D eigenvalue weighted by molar-refractivity contribution is 0.666. The minimum atomic E-state index is -0.108. The molecule has 0 fully saturated rings. The molecule has 11 aromatic carbocycles. The van der Waals surface area contributed by atoms with E-state index in [0.717, 1.165) is 0 Å². The van der Waals surface area contributed by atoms with Gasteiger partial charge in [-0.2, -0.15) is 0 Å². The quantitative estimate of drug-likeness (QED) is 0.126. The number of rotatable bonds is 3. The maximum absolute atomic E-state index is 2.43. The van der Waals surface area contributed by atoms with Crippen molar-refractivity contribution in [3.05, 3.63) is 205 Å². The van der Waals surface area contributed by atoms with Crippen molar-refractivity contribution in [1.82, 2.24) is 0 Å². The van der Waals surface area contributed by atoms with E-state index in [9.17, 15) is 0 Å². The maximum Gasteiger partial charge on any atom is 0.0165 e. The van der Waals surface area contributed by atoms with E-state index in [2.05, 4.69) is 208 Å². The number of benzene rings is 11. The van der Waals surface area contributed by atoms with E-state index in [0.29, 0.717) is 0 Å². The molecule has 0 heteroatoms. The zero-order valence-corrected chi connectivity index (χ0v) is 32.0. The Labute approximate surface area is 332 Å². The van der Waals surface area contributed by atoms with E-state index in [1.165, 1.54) is 120 Å². The molecule has 11 aromatic rings. The molecule has 0 aliphatic heterocycles. The summed E-state index contributed by atoms with van der Waals surface area (Å²) in [5.41, 5.74) is 13.0. The van der Waals surface area contributed by atoms with E-state index in [-0.39, 0.29) is 5.41 Å². The van der Waals surface area contributed by atoms with Gasteiger partial charge in [-0.3, -0.25) is 0 Å². The molecule has 0 nitrogen and oxygen atoms in total. The van der Waals surface area contributed by atoms with Gasteiger partial charge in [0.05, 0.1) is 0 Å². The van der Waals surface area contributed by atoms with E-state index < -0.39 is 0 Å². The molecule has 1 aliphatic rings. The van der Waals surface area contributed by atoms with Gasteiger partial charge in [0.2, 0.25) is 0 Å². The topological polar surface area (TPSA) is 0 Å². The molecule has 0 unspecified atom stereocenters. The van der Waals surface area contributed by atoms with E-state index in [1.54, 1.807) is 0 Å². The van der Waals surface area contributed by atoms with Crippen molar-refractivity contribution in [2.75, 3.05) is 0 Å². The Morgan fingerprint density at radius 2 is 0.842 bits per heavy atom. The van der Waals surface area contributed by atoms with E-state index >= 15 is 0 Å². The van der Waals surface area contributed by atoms with Gasteiger partial charge in [-0.15, -0.1) is 0 Å². The Morgan fingerprint density at radius 3 is 1.60 bits per heavy atom. The summed E-state index contributed by atoms with van der Waals surface area (Å²) in [6.07, 6.45) is 0. The summed E-state index contributed by atoms with van der Waals surface area (Å²) >= 11 is 0. The van der Waals surface area contributed by atoms with Crippen LogP contribution < -0.4 is 0 Å². The van der Waals surface area contributed by atoms with Crippen LogP contribution in [0.3, 0.4) is 0 Å². The highest BCUT2D eigenvalue weighted by Crippen LogP contribution is 2.55. The van der Waals surface area contributed by atoms with Crippen molar-refractivity contribution in [3.63, 3.8) is 0 Å². The van der Waals surface area contributed by atoms with Crippen LogP contribution in [0.25, 0.3) is 109 Å². The van der Waals surface area contributed by atoms with Crippen LogP contribution in [0.1, 0.15) is 25.0 Å². The third kappa shape index (κ3) is 4.62. The van der Waals surface area contributed by atoms with Crippen molar-refractivity contribution >= 4 is 64.6 Å². The molecule has 0 amide bonds. The molecule has 0 heterocycles. The van der Waals surface area contributed by atoms with Crippen LogP contribution in [0.2, 0.25) is 0 Å². The van der Waals surface area contributed by atoms with Gasteiger partial charge in [0.25, 0.3) is 0 Å². The molecule has 12 rings (SSSR count). The van der Waals surface area contributed by atoms with Crippen molar-refractivity contribution in [3.8, 4) is 44.5 Å². The van der Waals surface area contributed by atoms with E-state index in [4.69, 9.17) is 0 Å². The Hall–Kier alpha value is -7.02. The van der Waals surface area contributed by atoms with Gasteiger partial charge in [-0.05, 0) is 138 Å². The molecule has 0 spiro atoms. The summed E-state index contributed by atoms with van der Waals surface area (Å²) < 4.78 is 0. The highest BCUT2D eigenvalue weighted by Gasteiger charge is 2.38. The van der Waals surface area contributed by atoms with E-state index in [1.807, 2.05) is 0 Å². The summed E-state index contributed by atoms with van der Waals surface area (Å²) in [4.78, 5) is 0. The first-order valence-corrected chi connectivity index (χ1v) is 20.1. The van der Waals surface area contributed by atoms with Crippen LogP contribution in [0.15, 0.2) is 194 Å². The molecule has 57 heavy (non-hydrogen) atoms. The fourth-order valence-electron chi connectivity index (χ4n) is 10.5. The van der Waals surface area contributed by atoms with Gasteiger partial charge in [0.15, 0.2) is 0 Å². The number of hydrogen-bond acceptors (Lipinski definition) is 0. The van der Waals surface area contributed by atoms with Gasteiger partial charge in [0.1, 0.15) is 0 Å². The predicted octanol–water partition coefficient (Wildman–Crippen LogP) is 15.9. The molecule has 0 saturated heterocycles. The summed E-state index contributed by atoms with van der Waals surface area (Å²) in [6, 6.07) is 72.7. The smallest absolute Gasteiger partial charge is 0.0165 e. The number of fused-ring (bicyclic) bond motifs is 11. The maximum atomic E-state index is 2.43. The third-order valence-electron chi connectivity index (χ3n) is 13.0. The molecule has 0 radical (unpaired) electrons. The summed E-state index contributed by atoms with van der Waals surface area (Å²) in [7, 11) is 0. The Morgan fingerprint density at radius 1 is 0.281 bits per heavy atom. The molecule has 0 N–H and O–H groups in total. The molecule has 1 aliphatic carbocycles. The van der Waals surface area contributed by atoms with Crippen LogP contribution in [0.4, 0.5) is 0 Å². The largest absolute Gasteiger partial charge is 0.0616 e. The average molecular weight is 723 g/mol. The van der Waals surface area contributed by atoms with Crippen LogP contribution >= 0.6 is 0 Å². The standard InChI is InChI=1S/C57H38/c1-57(2)52-27-13-24-41(55(52)50-31-28-35-14-5-6-19-42(35)56(50)57)38-17-11-18-40(33-38)53-46-20-7-9-22-48(46)54(49-23-10-8-21-47(49)53)45-26-12-25-43-44(45)30-29-39-32-36-15-3-4-16-37(36)34-51(39)43/h3-34H,1-2H3. The molecular weight excluding hydrogens is 685 g/mol. The molecule has 266 valence electrons. The van der Waals surface area contributed by atoms with Crippen LogP contribution in [0.5, 0.6) is 0 Å². The predicted molar refractivity (Wildman–Crippen MR) is 245 cm³/mol. The van der Waals surface area contributed by atoms with Gasteiger partial charge in [-0.25, -0.2) is 0 Å². The molecule has 0 aromatic heterocycles. The Balaban J connectivity index is 1.09. The second-order valence-corrected chi connectivity index (χ2v) is 16.4. The van der Waals surface area contributed by atoms with Crippen LogP contribution in [-0.2, 0) is 5.41 Å². The van der Waals surface area contributed by atoms with Crippen LogP contribution in [-0.4, -0.2) is 0 Å². The lowest BCUT2D eigenvalue weighted by Crippen LogP contribution is -2.15. The van der Waals surface area contributed by atoms with Gasteiger partial charge < -0.3 is 0 Å².